The highest BCUT2D eigenvalue weighted by atomic mass is 32.2. The quantitative estimate of drug-likeness (QED) is 0.390. The van der Waals surface area contributed by atoms with E-state index in [1.54, 1.807) is 7.11 Å². The minimum atomic E-state index is -0.607. The molecule has 2 N–H and O–H groups in total. The van der Waals surface area contributed by atoms with Crippen LogP contribution in [0.15, 0.2) is 35.6 Å². The van der Waals surface area contributed by atoms with E-state index in [-0.39, 0.29) is 11.5 Å². The maximum atomic E-state index is 10.6. The lowest BCUT2D eigenvalue weighted by atomic mass is 10.2. The summed E-state index contributed by atoms with van der Waals surface area (Å²) in [6.07, 6.45) is 1.12. The van der Waals surface area contributed by atoms with Crippen molar-refractivity contribution in [3.8, 4) is 5.75 Å². The number of nitro groups is 1. The number of hydrogen-bond donors (Lipinski definition) is 1. The van der Waals surface area contributed by atoms with Crippen molar-refractivity contribution in [3.63, 3.8) is 0 Å². The van der Waals surface area contributed by atoms with Gasteiger partial charge in [0, 0.05) is 11.3 Å². The Morgan fingerprint density at radius 3 is 2.85 bits per heavy atom. The molecular formula is C12H12N4O3S. The highest BCUT2D eigenvalue weighted by Gasteiger charge is 2.14. The zero-order valence-corrected chi connectivity index (χ0v) is 11.5. The van der Waals surface area contributed by atoms with Crippen molar-refractivity contribution in [1.29, 1.82) is 0 Å². The van der Waals surface area contributed by atoms with E-state index in [1.807, 2.05) is 24.3 Å². The van der Waals surface area contributed by atoms with E-state index in [1.165, 1.54) is 11.8 Å². The lowest BCUT2D eigenvalue weighted by molar-refractivity contribution is -0.384. The average molecular weight is 292 g/mol. The summed E-state index contributed by atoms with van der Waals surface area (Å²) in [5.41, 5.74) is 6.22. The Kier molecular flexibility index (Phi) is 4.36. The number of nitrogen functional groups attached to an aromatic ring is 1. The van der Waals surface area contributed by atoms with Gasteiger partial charge in [-0.1, -0.05) is 30.0 Å². The SMILES string of the molecule is COc1ccccc1CSc1ncc([N+](=O)[O-])c(N)n1. The summed E-state index contributed by atoms with van der Waals surface area (Å²) in [4.78, 5) is 17.8. The Morgan fingerprint density at radius 2 is 2.20 bits per heavy atom. The van der Waals surface area contributed by atoms with Crippen LogP contribution >= 0.6 is 11.8 Å². The number of para-hydroxylation sites is 1. The van der Waals surface area contributed by atoms with Gasteiger partial charge in [-0.05, 0) is 6.07 Å². The Morgan fingerprint density at radius 1 is 1.45 bits per heavy atom. The Hall–Kier alpha value is -2.35. The van der Waals surface area contributed by atoms with Crippen LogP contribution in [0.5, 0.6) is 5.75 Å². The maximum Gasteiger partial charge on any atom is 0.329 e. The van der Waals surface area contributed by atoms with Gasteiger partial charge < -0.3 is 10.5 Å². The van der Waals surface area contributed by atoms with Gasteiger partial charge in [-0.3, -0.25) is 10.1 Å². The zero-order chi connectivity index (χ0) is 14.5. The van der Waals surface area contributed by atoms with Crippen LogP contribution in [-0.2, 0) is 5.75 Å². The molecule has 0 saturated carbocycles. The lowest BCUT2D eigenvalue weighted by Crippen LogP contribution is -2.01. The van der Waals surface area contributed by atoms with Crippen molar-refractivity contribution in [3.05, 3.63) is 46.1 Å². The zero-order valence-electron chi connectivity index (χ0n) is 10.6. The number of thioether (sulfide) groups is 1. The largest absolute Gasteiger partial charge is 0.496 e. The monoisotopic (exact) mass is 292 g/mol. The molecule has 1 aromatic carbocycles. The first kappa shape index (κ1) is 14.1. The number of anilines is 1. The number of ether oxygens (including phenoxy) is 1. The summed E-state index contributed by atoms with van der Waals surface area (Å²) in [5.74, 6) is 1.23. The number of rotatable bonds is 5. The number of benzene rings is 1. The normalized spacial score (nSPS) is 10.2. The molecule has 0 amide bonds. The third-order valence-corrected chi connectivity index (χ3v) is 3.43. The van der Waals surface area contributed by atoms with Crippen LogP contribution in [0.25, 0.3) is 0 Å². The second kappa shape index (κ2) is 6.20. The van der Waals surface area contributed by atoms with Crippen molar-refractivity contribution in [1.82, 2.24) is 9.97 Å². The smallest absolute Gasteiger partial charge is 0.329 e. The molecule has 20 heavy (non-hydrogen) atoms. The Bertz CT molecular complexity index is 636. The van der Waals surface area contributed by atoms with Crippen LogP contribution in [0.2, 0.25) is 0 Å². The molecule has 0 fully saturated rings. The highest BCUT2D eigenvalue weighted by molar-refractivity contribution is 7.98. The van der Waals surface area contributed by atoms with Gasteiger partial charge in [-0.25, -0.2) is 4.98 Å². The maximum absolute atomic E-state index is 10.6. The minimum Gasteiger partial charge on any atom is -0.496 e. The number of methoxy groups -OCH3 is 1. The molecule has 0 bridgehead atoms. The molecule has 2 aromatic rings. The average Bonchev–Trinajstić information content (AvgIpc) is 2.45. The summed E-state index contributed by atoms with van der Waals surface area (Å²) in [5, 5.41) is 11.0. The van der Waals surface area contributed by atoms with E-state index in [2.05, 4.69) is 9.97 Å². The fraction of sp³-hybridized carbons (Fsp3) is 0.167. The van der Waals surface area contributed by atoms with E-state index < -0.39 is 4.92 Å². The molecule has 2 rings (SSSR count). The second-order valence-electron chi connectivity index (χ2n) is 3.78. The standard InChI is InChI=1S/C12H12N4O3S/c1-19-10-5-3-2-4-8(10)7-20-12-14-6-9(16(17)18)11(13)15-12/h2-6H,7H2,1H3,(H2,13,14,15). The van der Waals surface area contributed by atoms with Crippen molar-refractivity contribution in [2.45, 2.75) is 10.9 Å². The fourth-order valence-electron chi connectivity index (χ4n) is 1.55. The minimum absolute atomic E-state index is 0.132. The summed E-state index contributed by atoms with van der Waals surface area (Å²) in [6.45, 7) is 0. The van der Waals surface area contributed by atoms with Crippen LogP contribution in [0.4, 0.5) is 11.5 Å². The van der Waals surface area contributed by atoms with Crippen LogP contribution in [0, 0.1) is 10.1 Å². The first-order valence-electron chi connectivity index (χ1n) is 5.63. The molecule has 104 valence electrons. The van der Waals surface area contributed by atoms with Gasteiger partial charge in [-0.2, -0.15) is 4.98 Å². The molecule has 0 radical (unpaired) electrons. The van der Waals surface area contributed by atoms with Gasteiger partial charge in [0.05, 0.1) is 12.0 Å². The molecule has 0 aliphatic carbocycles. The first-order valence-corrected chi connectivity index (χ1v) is 6.62. The van der Waals surface area contributed by atoms with E-state index in [9.17, 15) is 10.1 Å². The molecular weight excluding hydrogens is 280 g/mol. The molecule has 1 heterocycles. The van der Waals surface area contributed by atoms with Crippen molar-refractivity contribution in [2.75, 3.05) is 12.8 Å². The van der Waals surface area contributed by atoms with E-state index in [0.29, 0.717) is 10.9 Å². The van der Waals surface area contributed by atoms with E-state index in [0.717, 1.165) is 17.5 Å². The molecule has 0 unspecified atom stereocenters. The molecule has 0 aliphatic heterocycles. The van der Waals surface area contributed by atoms with E-state index >= 15 is 0 Å². The number of hydrogen-bond acceptors (Lipinski definition) is 7. The van der Waals surface area contributed by atoms with Gasteiger partial charge in [0.1, 0.15) is 11.9 Å². The molecule has 0 atom stereocenters. The van der Waals surface area contributed by atoms with Crippen LogP contribution in [-0.4, -0.2) is 22.0 Å². The topological polar surface area (TPSA) is 104 Å². The molecule has 8 heteroatoms. The van der Waals surface area contributed by atoms with Crippen molar-refractivity contribution < 1.29 is 9.66 Å². The molecule has 0 aliphatic rings. The number of nitrogens with two attached hydrogens (primary N) is 1. The van der Waals surface area contributed by atoms with Gasteiger partial charge in [0.25, 0.3) is 0 Å². The third kappa shape index (κ3) is 3.15. The fourth-order valence-corrected chi connectivity index (χ4v) is 2.36. The van der Waals surface area contributed by atoms with Crippen molar-refractivity contribution >= 4 is 23.3 Å². The molecule has 1 aromatic heterocycles. The predicted molar refractivity (Wildman–Crippen MR) is 75.7 cm³/mol. The van der Waals surface area contributed by atoms with Crippen LogP contribution < -0.4 is 10.5 Å². The van der Waals surface area contributed by atoms with Crippen molar-refractivity contribution in [2.24, 2.45) is 0 Å². The predicted octanol–water partition coefficient (Wildman–Crippen LogP) is 2.27. The first-order chi connectivity index (χ1) is 9.61. The summed E-state index contributed by atoms with van der Waals surface area (Å²) in [7, 11) is 1.60. The highest BCUT2D eigenvalue weighted by Crippen LogP contribution is 2.27. The van der Waals surface area contributed by atoms with Gasteiger partial charge in [0.15, 0.2) is 5.16 Å². The molecule has 0 spiro atoms. The molecule has 7 nitrogen and oxygen atoms in total. The van der Waals surface area contributed by atoms with Gasteiger partial charge in [0.2, 0.25) is 5.82 Å². The Balaban J connectivity index is 2.11. The summed E-state index contributed by atoms with van der Waals surface area (Å²) in [6, 6.07) is 7.58. The van der Waals surface area contributed by atoms with Crippen LogP contribution in [0.1, 0.15) is 5.56 Å². The number of nitrogens with zero attached hydrogens (tertiary/aromatic N) is 3. The van der Waals surface area contributed by atoms with E-state index in [4.69, 9.17) is 10.5 Å². The Labute approximate surface area is 119 Å². The van der Waals surface area contributed by atoms with Gasteiger partial charge in [-0.15, -0.1) is 0 Å². The summed E-state index contributed by atoms with van der Waals surface area (Å²) >= 11 is 1.33. The second-order valence-corrected chi connectivity index (χ2v) is 4.72. The molecule has 0 saturated heterocycles. The third-order valence-electron chi connectivity index (χ3n) is 2.52. The summed E-state index contributed by atoms with van der Waals surface area (Å²) < 4.78 is 5.24. The lowest BCUT2D eigenvalue weighted by Gasteiger charge is -2.07. The van der Waals surface area contributed by atoms with Crippen LogP contribution in [0.3, 0.4) is 0 Å². The van der Waals surface area contributed by atoms with Gasteiger partial charge >= 0.3 is 5.69 Å². The number of aromatic nitrogens is 2.